The number of carbonyl (C=O) groups excluding carboxylic acids is 1. The maximum Gasteiger partial charge on any atom is 0.263 e. The summed E-state index contributed by atoms with van der Waals surface area (Å²) in [5.41, 5.74) is 7.99. The van der Waals surface area contributed by atoms with Crippen molar-refractivity contribution < 1.29 is 17.9 Å². The number of rotatable bonds is 9. The highest BCUT2D eigenvalue weighted by molar-refractivity contribution is 7.92. The maximum absolute atomic E-state index is 13.4. The average Bonchev–Trinajstić information content (AvgIpc) is 2.87. The van der Waals surface area contributed by atoms with Gasteiger partial charge in [0.1, 0.15) is 5.75 Å². The molecular weight excluding hydrogens is 516 g/mol. The molecule has 0 radical (unpaired) electrons. The average molecular weight is 541 g/mol. The number of ether oxygens (including phenoxy) is 1. The summed E-state index contributed by atoms with van der Waals surface area (Å²) in [4.78, 5) is 21.0. The number of amides is 1. The largest absolute Gasteiger partial charge is 0.497 e. The fourth-order valence-electron chi connectivity index (χ4n) is 3.45. The van der Waals surface area contributed by atoms with Gasteiger partial charge in [-0.15, -0.1) is 0 Å². The molecule has 0 saturated heterocycles. The highest BCUT2D eigenvalue weighted by Gasteiger charge is 2.21. The van der Waals surface area contributed by atoms with Gasteiger partial charge in [0, 0.05) is 24.7 Å². The summed E-state index contributed by atoms with van der Waals surface area (Å²) in [7, 11) is -2.61. The summed E-state index contributed by atoms with van der Waals surface area (Å²) < 4.78 is 34.6. The molecule has 4 aromatic rings. The number of nitrogens with zero attached hydrogens (tertiary/aromatic N) is 2. The lowest BCUT2D eigenvalue weighted by atomic mass is 10.2. The van der Waals surface area contributed by atoms with Gasteiger partial charge in [0.15, 0.2) is 11.6 Å². The molecule has 5 N–H and O–H groups in total. The van der Waals surface area contributed by atoms with E-state index in [0.29, 0.717) is 38.7 Å². The Morgan fingerprint density at radius 1 is 1.00 bits per heavy atom. The van der Waals surface area contributed by atoms with Crippen LogP contribution >= 0.6 is 11.6 Å². The molecule has 12 heteroatoms. The van der Waals surface area contributed by atoms with E-state index in [1.54, 1.807) is 55.5 Å². The van der Waals surface area contributed by atoms with E-state index in [-0.39, 0.29) is 35.4 Å². The highest BCUT2D eigenvalue weighted by atomic mass is 35.5. The fourth-order valence-corrected chi connectivity index (χ4v) is 4.65. The lowest BCUT2D eigenvalue weighted by molar-refractivity contribution is -0.116. The summed E-state index contributed by atoms with van der Waals surface area (Å²) >= 11 is 6.35. The summed E-state index contributed by atoms with van der Waals surface area (Å²) in [6.07, 6.45) is 0.114. The Morgan fingerprint density at radius 3 is 2.38 bits per heavy atom. The molecular formula is C25H25ClN6O4S. The summed E-state index contributed by atoms with van der Waals surface area (Å²) in [5.74, 6) is 0.342. The van der Waals surface area contributed by atoms with Crippen LogP contribution in [-0.4, -0.2) is 37.9 Å². The number of aromatic nitrogens is 2. The van der Waals surface area contributed by atoms with E-state index < -0.39 is 10.0 Å². The Hall–Kier alpha value is -3.93. The number of nitrogens with one attached hydrogen (secondary N) is 3. The Kier molecular flexibility index (Phi) is 7.77. The number of aryl methyl sites for hydroxylation is 1. The number of para-hydroxylation sites is 2. The van der Waals surface area contributed by atoms with E-state index in [0.717, 1.165) is 0 Å². The number of methoxy groups -OCH3 is 1. The van der Waals surface area contributed by atoms with Gasteiger partial charge in [-0.05, 0) is 48.9 Å². The van der Waals surface area contributed by atoms with Crippen LogP contribution in [-0.2, 0) is 14.8 Å². The highest BCUT2D eigenvalue weighted by Crippen LogP contribution is 2.33. The van der Waals surface area contributed by atoms with Crippen LogP contribution in [0.4, 0.5) is 23.0 Å². The lowest BCUT2D eigenvalue weighted by Crippen LogP contribution is -2.18. The van der Waals surface area contributed by atoms with Gasteiger partial charge in [-0.25, -0.2) is 18.4 Å². The first kappa shape index (κ1) is 26.1. The van der Waals surface area contributed by atoms with Crippen molar-refractivity contribution in [2.24, 2.45) is 5.73 Å². The predicted octanol–water partition coefficient (Wildman–Crippen LogP) is 4.43. The zero-order valence-electron chi connectivity index (χ0n) is 20.1. The molecule has 4 rings (SSSR count). The second-order valence-electron chi connectivity index (χ2n) is 8.05. The number of nitrogens with two attached hydrogens (primary N) is 1. The minimum absolute atomic E-state index is 0.0353. The molecule has 0 bridgehead atoms. The summed E-state index contributed by atoms with van der Waals surface area (Å²) in [5, 5.41) is 6.13. The van der Waals surface area contributed by atoms with Gasteiger partial charge in [0.25, 0.3) is 10.0 Å². The van der Waals surface area contributed by atoms with Gasteiger partial charge >= 0.3 is 0 Å². The molecule has 0 saturated carbocycles. The van der Waals surface area contributed by atoms with Crippen molar-refractivity contribution in [1.29, 1.82) is 0 Å². The maximum atomic E-state index is 13.4. The number of fused-ring (bicyclic) bond motifs is 1. The lowest BCUT2D eigenvalue weighted by Gasteiger charge is -2.16. The van der Waals surface area contributed by atoms with Crippen LogP contribution in [0.15, 0.2) is 65.6 Å². The SMILES string of the molecule is COc1ccc(Cl)c(Nc2nc3ccccc3nc2NS(=O)(=O)c2ccc(C)c(NC(=O)CCN)c2)c1. The molecule has 3 aromatic carbocycles. The van der Waals surface area contributed by atoms with Gasteiger partial charge in [-0.3, -0.25) is 9.52 Å². The molecule has 0 aliphatic carbocycles. The third kappa shape index (κ3) is 6.08. The monoisotopic (exact) mass is 540 g/mol. The molecule has 0 fully saturated rings. The minimum Gasteiger partial charge on any atom is -0.497 e. The van der Waals surface area contributed by atoms with E-state index in [1.807, 2.05) is 0 Å². The Balaban J connectivity index is 1.74. The van der Waals surface area contributed by atoms with Crippen LogP contribution in [0, 0.1) is 6.92 Å². The third-order valence-electron chi connectivity index (χ3n) is 5.39. The topological polar surface area (TPSA) is 148 Å². The van der Waals surface area contributed by atoms with E-state index in [1.165, 1.54) is 19.2 Å². The van der Waals surface area contributed by atoms with Gasteiger partial charge in [0.05, 0.1) is 33.7 Å². The van der Waals surface area contributed by atoms with Gasteiger partial charge < -0.3 is 21.1 Å². The molecule has 10 nitrogen and oxygen atoms in total. The van der Waals surface area contributed by atoms with Crippen molar-refractivity contribution >= 4 is 61.6 Å². The molecule has 0 atom stereocenters. The molecule has 37 heavy (non-hydrogen) atoms. The molecule has 1 aromatic heterocycles. The van der Waals surface area contributed by atoms with Crippen molar-refractivity contribution in [2.75, 3.05) is 29.0 Å². The second kappa shape index (κ2) is 11.0. The van der Waals surface area contributed by atoms with Crippen LogP contribution in [0.3, 0.4) is 0 Å². The number of halogens is 1. The van der Waals surface area contributed by atoms with E-state index in [2.05, 4.69) is 25.3 Å². The normalized spacial score (nSPS) is 11.2. The van der Waals surface area contributed by atoms with Crippen LogP contribution in [0.25, 0.3) is 11.0 Å². The first-order valence-electron chi connectivity index (χ1n) is 11.2. The van der Waals surface area contributed by atoms with Crippen LogP contribution < -0.4 is 25.8 Å². The smallest absolute Gasteiger partial charge is 0.263 e. The van der Waals surface area contributed by atoms with Crippen molar-refractivity contribution in [3.8, 4) is 5.75 Å². The Labute approximate surface area is 219 Å². The molecule has 0 spiro atoms. The van der Waals surface area contributed by atoms with E-state index in [9.17, 15) is 13.2 Å². The van der Waals surface area contributed by atoms with Crippen molar-refractivity contribution in [3.05, 3.63) is 71.2 Å². The van der Waals surface area contributed by atoms with E-state index >= 15 is 0 Å². The quantitative estimate of drug-likeness (QED) is 0.243. The zero-order chi connectivity index (χ0) is 26.6. The third-order valence-corrected chi connectivity index (χ3v) is 7.06. The van der Waals surface area contributed by atoms with Gasteiger partial charge in [-0.2, -0.15) is 0 Å². The number of anilines is 4. The fraction of sp³-hybridized carbons (Fsp3) is 0.160. The molecule has 192 valence electrons. The first-order valence-corrected chi connectivity index (χ1v) is 13.1. The summed E-state index contributed by atoms with van der Waals surface area (Å²) in [6.45, 7) is 1.94. The molecule has 1 heterocycles. The number of benzene rings is 3. The Bertz CT molecular complexity index is 1580. The molecule has 1 amide bonds. The van der Waals surface area contributed by atoms with E-state index in [4.69, 9.17) is 22.1 Å². The number of carbonyl (C=O) groups is 1. The minimum atomic E-state index is -4.13. The number of sulfonamides is 1. The standard InChI is InChI=1S/C25H25ClN6O4S/c1-15-7-9-17(14-21(15)28-23(33)11-12-27)37(34,35)32-25-24(29-19-5-3-4-6-20(19)30-25)31-22-13-16(36-2)8-10-18(22)26/h3-10,13-14H,11-12,27H2,1-2H3,(H,28,33)(H,29,31)(H,30,32). The van der Waals surface area contributed by atoms with Gasteiger partial charge in [-0.1, -0.05) is 29.8 Å². The van der Waals surface area contributed by atoms with Crippen LogP contribution in [0.2, 0.25) is 5.02 Å². The number of hydrogen-bond acceptors (Lipinski definition) is 8. The second-order valence-corrected chi connectivity index (χ2v) is 10.1. The van der Waals surface area contributed by atoms with Crippen molar-refractivity contribution in [3.63, 3.8) is 0 Å². The van der Waals surface area contributed by atoms with Gasteiger partial charge in [0.2, 0.25) is 5.91 Å². The first-order chi connectivity index (χ1) is 17.7. The van der Waals surface area contributed by atoms with Crippen molar-refractivity contribution in [2.45, 2.75) is 18.2 Å². The van der Waals surface area contributed by atoms with Crippen LogP contribution in [0.5, 0.6) is 5.75 Å². The predicted molar refractivity (Wildman–Crippen MR) is 145 cm³/mol. The molecule has 0 unspecified atom stereocenters. The van der Waals surface area contributed by atoms with Crippen LogP contribution in [0.1, 0.15) is 12.0 Å². The zero-order valence-corrected chi connectivity index (χ0v) is 21.7. The molecule has 0 aliphatic rings. The Morgan fingerprint density at radius 2 is 1.70 bits per heavy atom. The number of hydrogen-bond donors (Lipinski definition) is 4. The molecule has 0 aliphatic heterocycles. The van der Waals surface area contributed by atoms with Crippen molar-refractivity contribution in [1.82, 2.24) is 9.97 Å². The summed E-state index contributed by atoms with van der Waals surface area (Å²) in [6, 6.07) is 16.5.